The van der Waals surface area contributed by atoms with E-state index >= 15 is 0 Å². The third-order valence-corrected chi connectivity index (χ3v) is 4.81. The fourth-order valence-corrected chi connectivity index (χ4v) is 3.39. The summed E-state index contributed by atoms with van der Waals surface area (Å²) in [5.41, 5.74) is 2.57. The minimum atomic E-state index is 0.314. The summed E-state index contributed by atoms with van der Waals surface area (Å²) in [7, 11) is 1.78. The summed E-state index contributed by atoms with van der Waals surface area (Å²) in [6.07, 6.45) is 0.314. The highest BCUT2D eigenvalue weighted by molar-refractivity contribution is 5.79. The van der Waals surface area contributed by atoms with E-state index in [0.717, 1.165) is 44.5 Å². The Kier molecular flexibility index (Phi) is 8.34. The van der Waals surface area contributed by atoms with Crippen molar-refractivity contribution in [3.63, 3.8) is 0 Å². The number of morpholine rings is 1. The molecule has 2 aromatic rings. The van der Waals surface area contributed by atoms with E-state index in [1.807, 2.05) is 30.3 Å². The number of nitrogens with zero attached hydrogens (tertiary/aromatic N) is 2. The van der Waals surface area contributed by atoms with Crippen LogP contribution < -0.4 is 15.4 Å². The molecule has 2 N–H and O–H groups in total. The van der Waals surface area contributed by atoms with Gasteiger partial charge >= 0.3 is 0 Å². The molecule has 1 unspecified atom stereocenters. The second kappa shape index (κ2) is 11.4. The number of para-hydroxylation sites is 1. The molecule has 2 aromatic carbocycles. The van der Waals surface area contributed by atoms with Crippen LogP contribution in [0.15, 0.2) is 59.6 Å². The number of hydrogen-bond acceptors (Lipinski definition) is 4. The first-order valence-electron chi connectivity index (χ1n) is 10.3. The lowest BCUT2D eigenvalue weighted by molar-refractivity contribution is -0.0212. The highest BCUT2D eigenvalue weighted by Gasteiger charge is 2.16. The number of nitrogens with one attached hydrogen (secondary N) is 2. The van der Waals surface area contributed by atoms with Crippen LogP contribution in [0.4, 0.5) is 0 Å². The van der Waals surface area contributed by atoms with E-state index in [2.05, 4.69) is 51.7 Å². The number of ether oxygens (including phenoxy) is 2. The van der Waals surface area contributed by atoms with Crippen LogP contribution in [0, 0.1) is 0 Å². The van der Waals surface area contributed by atoms with Gasteiger partial charge in [-0.2, -0.15) is 0 Å². The second-order valence-corrected chi connectivity index (χ2v) is 7.25. The van der Waals surface area contributed by atoms with Crippen LogP contribution in [0.1, 0.15) is 18.1 Å². The van der Waals surface area contributed by atoms with Crippen molar-refractivity contribution in [1.82, 2.24) is 15.5 Å². The van der Waals surface area contributed by atoms with Crippen LogP contribution in [0.2, 0.25) is 0 Å². The summed E-state index contributed by atoms with van der Waals surface area (Å²) in [6.45, 7) is 7.90. The van der Waals surface area contributed by atoms with E-state index in [9.17, 15) is 0 Å². The Labute approximate surface area is 173 Å². The van der Waals surface area contributed by atoms with Gasteiger partial charge in [0.15, 0.2) is 5.96 Å². The highest BCUT2D eigenvalue weighted by atomic mass is 16.5. The summed E-state index contributed by atoms with van der Waals surface area (Å²) < 4.78 is 11.3. The van der Waals surface area contributed by atoms with Gasteiger partial charge in [-0.15, -0.1) is 0 Å². The fraction of sp³-hybridized carbons (Fsp3) is 0.435. The zero-order valence-electron chi connectivity index (χ0n) is 17.4. The SMILES string of the molecule is CN=C(NCCOc1ccccc1)NCc1cccc(CN2CCOC(C)C2)c1. The lowest BCUT2D eigenvalue weighted by Gasteiger charge is -2.31. The van der Waals surface area contributed by atoms with Crippen molar-refractivity contribution in [3.05, 3.63) is 65.7 Å². The van der Waals surface area contributed by atoms with Crippen LogP contribution in [0.3, 0.4) is 0 Å². The largest absolute Gasteiger partial charge is 0.492 e. The van der Waals surface area contributed by atoms with Gasteiger partial charge in [0, 0.05) is 33.2 Å². The van der Waals surface area contributed by atoms with Gasteiger partial charge in [0.2, 0.25) is 0 Å². The molecule has 1 saturated heterocycles. The van der Waals surface area contributed by atoms with Crippen molar-refractivity contribution in [2.45, 2.75) is 26.1 Å². The number of hydrogen-bond donors (Lipinski definition) is 2. The third kappa shape index (κ3) is 7.40. The summed E-state index contributed by atoms with van der Waals surface area (Å²) >= 11 is 0. The predicted octanol–water partition coefficient (Wildman–Crippen LogP) is 2.65. The Balaban J connectivity index is 1.40. The molecule has 3 rings (SSSR count). The molecule has 6 heteroatoms. The summed E-state index contributed by atoms with van der Waals surface area (Å²) in [4.78, 5) is 6.74. The van der Waals surface area contributed by atoms with Crippen LogP contribution in [-0.4, -0.2) is 56.9 Å². The minimum absolute atomic E-state index is 0.314. The highest BCUT2D eigenvalue weighted by Crippen LogP contribution is 2.12. The normalized spacial score (nSPS) is 17.7. The number of aliphatic imine (C=N–C) groups is 1. The average molecular weight is 397 g/mol. The standard InChI is InChI=1S/C23H32N4O2/c1-19-17-27(12-14-28-19)18-21-8-6-7-20(15-21)16-26-23(24-2)25-11-13-29-22-9-4-3-5-10-22/h3-10,15,19H,11-14,16-18H2,1-2H3,(H2,24,25,26). The molecule has 29 heavy (non-hydrogen) atoms. The molecule has 1 aliphatic rings. The minimum Gasteiger partial charge on any atom is -0.492 e. The van der Waals surface area contributed by atoms with Gasteiger partial charge in [0.25, 0.3) is 0 Å². The predicted molar refractivity (Wildman–Crippen MR) is 117 cm³/mol. The first-order valence-corrected chi connectivity index (χ1v) is 10.3. The summed E-state index contributed by atoms with van der Waals surface area (Å²) in [6, 6.07) is 18.6. The first kappa shape index (κ1) is 21.1. The molecule has 0 spiro atoms. The molecule has 0 bridgehead atoms. The van der Waals surface area contributed by atoms with Gasteiger partial charge < -0.3 is 20.1 Å². The Morgan fingerprint density at radius 1 is 1.14 bits per heavy atom. The topological polar surface area (TPSA) is 58.1 Å². The van der Waals surface area contributed by atoms with Crippen molar-refractivity contribution in [2.75, 3.05) is 39.9 Å². The molecule has 6 nitrogen and oxygen atoms in total. The smallest absolute Gasteiger partial charge is 0.191 e. The Bertz CT molecular complexity index is 766. The fourth-order valence-electron chi connectivity index (χ4n) is 3.39. The van der Waals surface area contributed by atoms with E-state index in [1.54, 1.807) is 7.05 Å². The summed E-state index contributed by atoms with van der Waals surface area (Å²) in [5, 5.41) is 6.66. The molecule has 0 radical (unpaired) electrons. The maximum atomic E-state index is 5.70. The molecule has 0 aromatic heterocycles. The molecule has 156 valence electrons. The van der Waals surface area contributed by atoms with Crippen LogP contribution in [0.5, 0.6) is 5.75 Å². The monoisotopic (exact) mass is 396 g/mol. The molecule has 1 heterocycles. The number of rotatable bonds is 8. The van der Waals surface area contributed by atoms with Crippen LogP contribution in [0.25, 0.3) is 0 Å². The molecular formula is C23H32N4O2. The molecular weight excluding hydrogens is 364 g/mol. The van der Waals surface area contributed by atoms with Gasteiger partial charge in [-0.1, -0.05) is 42.5 Å². The average Bonchev–Trinajstić information content (AvgIpc) is 2.74. The molecule has 1 fully saturated rings. The van der Waals surface area contributed by atoms with Crippen LogP contribution >= 0.6 is 0 Å². The maximum Gasteiger partial charge on any atom is 0.191 e. The van der Waals surface area contributed by atoms with Gasteiger partial charge in [0.1, 0.15) is 12.4 Å². The van der Waals surface area contributed by atoms with E-state index in [0.29, 0.717) is 19.3 Å². The summed E-state index contributed by atoms with van der Waals surface area (Å²) in [5.74, 6) is 1.65. The van der Waals surface area contributed by atoms with E-state index < -0.39 is 0 Å². The molecule has 0 saturated carbocycles. The number of benzene rings is 2. The van der Waals surface area contributed by atoms with E-state index in [1.165, 1.54) is 11.1 Å². The molecule has 0 amide bonds. The van der Waals surface area contributed by atoms with Crippen molar-refractivity contribution in [1.29, 1.82) is 0 Å². The number of guanidine groups is 1. The second-order valence-electron chi connectivity index (χ2n) is 7.25. The van der Waals surface area contributed by atoms with Gasteiger partial charge in [0.05, 0.1) is 19.3 Å². The van der Waals surface area contributed by atoms with Gasteiger partial charge in [-0.05, 0) is 30.2 Å². The zero-order valence-corrected chi connectivity index (χ0v) is 17.4. The maximum absolute atomic E-state index is 5.70. The van der Waals surface area contributed by atoms with Crippen molar-refractivity contribution in [2.24, 2.45) is 4.99 Å². The van der Waals surface area contributed by atoms with Crippen molar-refractivity contribution < 1.29 is 9.47 Å². The molecule has 0 aliphatic carbocycles. The Morgan fingerprint density at radius 3 is 2.76 bits per heavy atom. The lowest BCUT2D eigenvalue weighted by Crippen LogP contribution is -2.40. The van der Waals surface area contributed by atoms with Gasteiger partial charge in [-0.25, -0.2) is 0 Å². The van der Waals surface area contributed by atoms with E-state index in [4.69, 9.17) is 9.47 Å². The van der Waals surface area contributed by atoms with Crippen LogP contribution in [-0.2, 0) is 17.8 Å². The van der Waals surface area contributed by atoms with Gasteiger partial charge in [-0.3, -0.25) is 9.89 Å². The lowest BCUT2D eigenvalue weighted by atomic mass is 10.1. The van der Waals surface area contributed by atoms with Crippen molar-refractivity contribution >= 4 is 5.96 Å². The molecule has 1 aliphatic heterocycles. The molecule has 1 atom stereocenters. The Hall–Kier alpha value is -2.57. The quantitative estimate of drug-likeness (QED) is 0.408. The van der Waals surface area contributed by atoms with E-state index in [-0.39, 0.29) is 0 Å². The van der Waals surface area contributed by atoms with Crippen molar-refractivity contribution in [3.8, 4) is 5.75 Å². The Morgan fingerprint density at radius 2 is 1.97 bits per heavy atom. The third-order valence-electron chi connectivity index (χ3n) is 4.81. The zero-order chi connectivity index (χ0) is 20.3. The first-order chi connectivity index (χ1) is 14.2.